The summed E-state index contributed by atoms with van der Waals surface area (Å²) in [5, 5.41) is 0. The Balaban J connectivity index is -0.0000000267. The van der Waals surface area contributed by atoms with Crippen molar-refractivity contribution in [1.29, 1.82) is 0 Å². The van der Waals surface area contributed by atoms with E-state index in [1.54, 1.807) is 26.9 Å². The molecule has 0 unspecified atom stereocenters. The molecule has 0 aliphatic heterocycles. The van der Waals surface area contributed by atoms with Crippen LogP contribution in [0.3, 0.4) is 0 Å². The minimum absolute atomic E-state index is 0. The van der Waals surface area contributed by atoms with E-state index in [0.717, 1.165) is 0 Å². The fourth-order valence-electron chi connectivity index (χ4n) is 0.0589. The second-order valence-corrected chi connectivity index (χ2v) is 1.05. The summed E-state index contributed by atoms with van der Waals surface area (Å²) in [5.41, 5.74) is 0. The van der Waals surface area contributed by atoms with E-state index in [2.05, 4.69) is 9.90 Å². The number of hydrogen-bond acceptors (Lipinski definition) is 1. The molecule has 0 atom stereocenters. The van der Waals surface area contributed by atoms with E-state index in [9.17, 15) is 0 Å². The third kappa shape index (κ3) is 26.7. The fraction of sp³-hybridized carbons (Fsp3) is 0.333. The van der Waals surface area contributed by atoms with Gasteiger partial charge in [-0.2, -0.15) is 0 Å². The Morgan fingerprint density at radius 1 is 1.38 bits per heavy atom. The van der Waals surface area contributed by atoms with Gasteiger partial charge in [-0.3, -0.25) is 0 Å². The molecule has 51 valence electrons. The van der Waals surface area contributed by atoms with Crippen LogP contribution >= 0.6 is 37.2 Å². The summed E-state index contributed by atoms with van der Waals surface area (Å²) in [6.45, 7) is 4.08. The average molecular weight is 214 g/mol. The van der Waals surface area contributed by atoms with E-state index in [4.69, 9.17) is 0 Å². The molecule has 0 bridgehead atoms. The molecule has 0 N–H and O–H groups in total. The summed E-state index contributed by atoms with van der Waals surface area (Å²) >= 11 is 1.64. The standard InChI is InChI=1S/C3H5O.3ClH.Ti/c1-2-3-4;;;;/h2H,1,3H2;3*1H;/q-1;;;;+1. The zero-order valence-electron chi connectivity index (χ0n) is 4.12. The zero-order chi connectivity index (χ0) is 4.12. The summed E-state index contributed by atoms with van der Waals surface area (Å²) in [6.07, 6.45) is 1.71. The fourth-order valence-corrected chi connectivity index (χ4v) is 0.243. The first kappa shape index (κ1) is 22.8. The quantitative estimate of drug-likeness (QED) is 0.504. The van der Waals surface area contributed by atoms with Gasteiger partial charge in [-0.05, 0) is 0 Å². The third-order valence-corrected chi connectivity index (χ3v) is 0.461. The molecule has 0 aromatic carbocycles. The van der Waals surface area contributed by atoms with Gasteiger partial charge in [0.1, 0.15) is 0 Å². The van der Waals surface area contributed by atoms with E-state index in [0.29, 0.717) is 6.61 Å². The summed E-state index contributed by atoms with van der Waals surface area (Å²) < 4.78 is 4.57. The van der Waals surface area contributed by atoms with Gasteiger partial charge in [0.25, 0.3) is 0 Å². The molecule has 0 aromatic heterocycles. The van der Waals surface area contributed by atoms with Crippen molar-refractivity contribution in [2.75, 3.05) is 6.61 Å². The van der Waals surface area contributed by atoms with Crippen LogP contribution in [0.25, 0.3) is 0 Å². The maximum atomic E-state index is 4.57. The van der Waals surface area contributed by atoms with Gasteiger partial charge in [-0.15, -0.1) is 37.2 Å². The smallest absolute Gasteiger partial charge is 0.147 e. The predicted octanol–water partition coefficient (Wildman–Crippen LogP) is 1.92. The first-order chi connectivity index (χ1) is 2.41. The van der Waals surface area contributed by atoms with Crippen LogP contribution in [-0.4, -0.2) is 6.61 Å². The van der Waals surface area contributed by atoms with E-state index < -0.39 is 0 Å². The normalized spacial score (nSPS) is 4.38. The maximum absolute atomic E-state index is 4.57. The Morgan fingerprint density at radius 2 is 1.75 bits per heavy atom. The maximum Gasteiger partial charge on any atom is -0.147 e. The zero-order valence-corrected chi connectivity index (χ0v) is 8.14. The van der Waals surface area contributed by atoms with E-state index in [-0.39, 0.29) is 37.2 Å². The second kappa shape index (κ2) is 23.9. The summed E-state index contributed by atoms with van der Waals surface area (Å²) in [5.74, 6) is 0. The van der Waals surface area contributed by atoms with Crippen LogP contribution in [0.2, 0.25) is 0 Å². The van der Waals surface area contributed by atoms with Crippen molar-refractivity contribution in [3.63, 3.8) is 0 Å². The number of halogens is 3. The summed E-state index contributed by atoms with van der Waals surface area (Å²) in [4.78, 5) is 0. The van der Waals surface area contributed by atoms with Crippen molar-refractivity contribution in [2.24, 2.45) is 0 Å². The van der Waals surface area contributed by atoms with E-state index >= 15 is 0 Å². The molecule has 0 aliphatic rings. The average Bonchev–Trinajstić information content (AvgIpc) is 1.41. The number of hydrogen-bond donors (Lipinski definition) is 0. The van der Waals surface area contributed by atoms with Crippen molar-refractivity contribution in [3.8, 4) is 0 Å². The van der Waals surface area contributed by atoms with Gasteiger partial charge < -0.3 is 0 Å². The SMILES string of the molecule is C=CC[O][Ti].Cl.Cl.Cl. The molecule has 0 aromatic rings. The van der Waals surface area contributed by atoms with Crippen molar-refractivity contribution in [1.82, 2.24) is 0 Å². The summed E-state index contributed by atoms with van der Waals surface area (Å²) in [7, 11) is 0. The molecule has 0 saturated carbocycles. The Hall–Kier alpha value is 1.28. The van der Waals surface area contributed by atoms with Gasteiger partial charge >= 0.3 is 43.4 Å². The van der Waals surface area contributed by atoms with Crippen LogP contribution in [0.4, 0.5) is 0 Å². The van der Waals surface area contributed by atoms with Gasteiger partial charge in [-0.25, -0.2) is 0 Å². The molecule has 0 amide bonds. The van der Waals surface area contributed by atoms with Gasteiger partial charge in [0.05, 0.1) is 0 Å². The molecule has 0 radical (unpaired) electrons. The molecule has 1 nitrogen and oxygen atoms in total. The van der Waals surface area contributed by atoms with Crippen molar-refractivity contribution < 1.29 is 24.1 Å². The van der Waals surface area contributed by atoms with Gasteiger partial charge in [-0.1, -0.05) is 0 Å². The van der Waals surface area contributed by atoms with Gasteiger partial charge in [0, 0.05) is 0 Å². The topological polar surface area (TPSA) is 9.23 Å². The number of rotatable bonds is 2. The molecule has 0 heterocycles. The molecule has 0 rings (SSSR count). The molecule has 0 spiro atoms. The third-order valence-electron chi connectivity index (χ3n) is 0.201. The van der Waals surface area contributed by atoms with Gasteiger partial charge in [0.15, 0.2) is 0 Å². The Labute approximate surface area is 80.4 Å². The monoisotopic (exact) mass is 213 g/mol. The van der Waals surface area contributed by atoms with Crippen LogP contribution in [0, 0.1) is 0 Å². The van der Waals surface area contributed by atoms with Crippen LogP contribution in [-0.2, 0) is 24.1 Å². The first-order valence-corrected chi connectivity index (χ1v) is 1.95. The molecule has 0 saturated heterocycles. The summed E-state index contributed by atoms with van der Waals surface area (Å²) in [6, 6.07) is 0. The second-order valence-electron chi connectivity index (χ2n) is 0.600. The van der Waals surface area contributed by atoms with Crippen LogP contribution in [0.1, 0.15) is 0 Å². The minimum Gasteiger partial charge on any atom is -0.147 e. The van der Waals surface area contributed by atoms with Crippen molar-refractivity contribution in [2.45, 2.75) is 0 Å². The van der Waals surface area contributed by atoms with Crippen LogP contribution in [0.5, 0.6) is 0 Å². The molecular weight excluding hydrogens is 206 g/mol. The molecule has 8 heavy (non-hydrogen) atoms. The molecule has 0 aliphatic carbocycles. The Morgan fingerprint density at radius 3 is 1.75 bits per heavy atom. The van der Waals surface area contributed by atoms with Crippen LogP contribution in [0.15, 0.2) is 12.7 Å². The van der Waals surface area contributed by atoms with Crippen molar-refractivity contribution >= 4 is 37.2 Å². The predicted molar refractivity (Wildman–Crippen MR) is 37.9 cm³/mol. The van der Waals surface area contributed by atoms with Crippen LogP contribution < -0.4 is 0 Å². The van der Waals surface area contributed by atoms with Gasteiger partial charge in [0.2, 0.25) is 0 Å². The van der Waals surface area contributed by atoms with E-state index in [1.165, 1.54) is 0 Å². The molecule has 5 heteroatoms. The van der Waals surface area contributed by atoms with E-state index in [1.807, 2.05) is 0 Å². The molecule has 0 fully saturated rings. The first-order valence-electron chi connectivity index (χ1n) is 1.31. The minimum atomic E-state index is 0. The molecular formula is C3H8Cl3OTi. The Bertz CT molecular complexity index is 35.7. The largest absolute Gasteiger partial charge is 0.147 e. The Kier molecular flexibility index (Phi) is 68.3. The van der Waals surface area contributed by atoms with Crippen molar-refractivity contribution in [3.05, 3.63) is 12.7 Å².